The molecule has 0 bridgehead atoms. The quantitative estimate of drug-likeness (QED) is 0.695. The molecule has 7 nitrogen and oxygen atoms in total. The Kier molecular flexibility index (Phi) is 6.48. The van der Waals surface area contributed by atoms with Gasteiger partial charge < -0.3 is 0 Å². The Morgan fingerprint density at radius 2 is 1.71 bits per heavy atom. The molecule has 2 aromatic rings. The van der Waals surface area contributed by atoms with E-state index in [9.17, 15) is 14.4 Å². The first-order valence-corrected chi connectivity index (χ1v) is 11.7. The van der Waals surface area contributed by atoms with E-state index in [2.05, 4.69) is 29.0 Å². The van der Waals surface area contributed by atoms with E-state index in [4.69, 9.17) is 0 Å². The number of hydrogen-bond donors (Lipinski definition) is 1. The Hall–Kier alpha value is -2.58. The van der Waals surface area contributed by atoms with Crippen LogP contribution in [0.5, 0.6) is 0 Å². The number of aromatic nitrogens is 1. The van der Waals surface area contributed by atoms with Crippen molar-refractivity contribution in [1.82, 2.24) is 14.8 Å². The summed E-state index contributed by atoms with van der Waals surface area (Å²) in [6, 6.07) is 6.97. The lowest BCUT2D eigenvalue weighted by Crippen LogP contribution is -2.38. The van der Waals surface area contributed by atoms with Crippen LogP contribution in [0.3, 0.4) is 0 Å². The molecule has 1 aromatic carbocycles. The van der Waals surface area contributed by atoms with Gasteiger partial charge >= 0.3 is 0 Å². The summed E-state index contributed by atoms with van der Waals surface area (Å²) in [6.45, 7) is 7.82. The Morgan fingerprint density at radius 1 is 1.06 bits per heavy atom. The van der Waals surface area contributed by atoms with Gasteiger partial charge in [-0.15, -0.1) is 11.3 Å². The number of hydrogen-bond acceptors (Lipinski definition) is 6. The van der Waals surface area contributed by atoms with Crippen LogP contribution < -0.4 is 5.32 Å². The summed E-state index contributed by atoms with van der Waals surface area (Å²) >= 11 is 1.44. The van der Waals surface area contributed by atoms with E-state index in [1.54, 1.807) is 24.3 Å². The van der Waals surface area contributed by atoms with Gasteiger partial charge in [-0.05, 0) is 36.0 Å². The van der Waals surface area contributed by atoms with Gasteiger partial charge in [-0.3, -0.25) is 29.5 Å². The van der Waals surface area contributed by atoms with E-state index in [-0.39, 0.29) is 37.1 Å². The van der Waals surface area contributed by atoms with Crippen LogP contribution in [0.4, 0.5) is 5.13 Å². The lowest BCUT2D eigenvalue weighted by molar-refractivity contribution is -0.139. The highest BCUT2D eigenvalue weighted by molar-refractivity contribution is 7.14. The highest BCUT2D eigenvalue weighted by Crippen LogP contribution is 2.24. The molecule has 1 N–H and O–H groups in total. The maximum Gasteiger partial charge on any atom is 0.257 e. The van der Waals surface area contributed by atoms with Crippen molar-refractivity contribution < 1.29 is 14.4 Å². The van der Waals surface area contributed by atoms with Gasteiger partial charge in [0.05, 0.1) is 12.2 Å². The van der Waals surface area contributed by atoms with Crippen molar-refractivity contribution in [2.24, 2.45) is 11.8 Å². The van der Waals surface area contributed by atoms with E-state index < -0.39 is 0 Å². The third-order valence-electron chi connectivity index (χ3n) is 5.81. The molecule has 3 heterocycles. The molecule has 0 spiro atoms. The second-order valence-corrected chi connectivity index (χ2v) is 9.67. The van der Waals surface area contributed by atoms with E-state index >= 15 is 0 Å². The lowest BCUT2D eigenvalue weighted by Gasteiger charge is -2.34. The fraction of sp³-hybridized carbons (Fsp3) is 0.478. The van der Waals surface area contributed by atoms with Gasteiger partial charge in [0.1, 0.15) is 0 Å². The highest BCUT2D eigenvalue weighted by atomic mass is 32.1. The maximum atomic E-state index is 12.6. The number of nitrogens with one attached hydrogen (secondary N) is 1. The van der Waals surface area contributed by atoms with Crippen LogP contribution in [-0.2, 0) is 22.7 Å². The number of rotatable bonds is 6. The first-order chi connectivity index (χ1) is 14.9. The normalized spacial score (nSPS) is 22.2. The number of benzene rings is 1. The van der Waals surface area contributed by atoms with Crippen molar-refractivity contribution >= 4 is 34.2 Å². The number of carbonyl (C=O) groups is 3. The Bertz CT molecular complexity index is 945. The van der Waals surface area contributed by atoms with Crippen LogP contribution in [0.1, 0.15) is 54.7 Å². The fourth-order valence-electron chi connectivity index (χ4n) is 4.50. The Balaban J connectivity index is 1.32. The van der Waals surface area contributed by atoms with Gasteiger partial charge in [-0.2, -0.15) is 0 Å². The molecule has 2 atom stereocenters. The van der Waals surface area contributed by atoms with Crippen molar-refractivity contribution in [3.05, 3.63) is 46.5 Å². The number of nitrogens with zero attached hydrogens (tertiary/aromatic N) is 3. The zero-order chi connectivity index (χ0) is 22.0. The fourth-order valence-corrected chi connectivity index (χ4v) is 5.20. The summed E-state index contributed by atoms with van der Waals surface area (Å²) in [5.41, 5.74) is 2.32. The zero-order valence-corrected chi connectivity index (χ0v) is 18.8. The highest BCUT2D eigenvalue weighted by Gasteiger charge is 2.28. The molecule has 2 aliphatic heterocycles. The van der Waals surface area contributed by atoms with Gasteiger partial charge in [-0.1, -0.05) is 26.0 Å². The first kappa shape index (κ1) is 21.6. The second kappa shape index (κ2) is 9.28. The SMILES string of the molecule is C[C@@H]1C[C@@H](C)CN(Cc2csc(NC(=O)c3ccc(CN4C(=O)CCC4=O)cc3)n2)C1. The molecule has 0 aliphatic carbocycles. The minimum Gasteiger partial charge on any atom is -0.298 e. The third kappa shape index (κ3) is 5.37. The van der Waals surface area contributed by atoms with Crippen molar-refractivity contribution in [1.29, 1.82) is 0 Å². The van der Waals surface area contributed by atoms with E-state index in [0.29, 0.717) is 22.5 Å². The maximum absolute atomic E-state index is 12.6. The zero-order valence-electron chi connectivity index (χ0n) is 18.0. The molecule has 1 aromatic heterocycles. The average molecular weight is 441 g/mol. The molecule has 0 saturated carbocycles. The van der Waals surface area contributed by atoms with Crippen LogP contribution in [0.15, 0.2) is 29.6 Å². The minimum absolute atomic E-state index is 0.139. The number of imide groups is 1. The lowest BCUT2D eigenvalue weighted by atomic mass is 9.92. The molecule has 2 saturated heterocycles. The van der Waals surface area contributed by atoms with Gasteiger partial charge in [0.15, 0.2) is 5.13 Å². The number of anilines is 1. The summed E-state index contributed by atoms with van der Waals surface area (Å²) in [4.78, 5) is 44.4. The summed E-state index contributed by atoms with van der Waals surface area (Å²) in [5.74, 6) is 0.901. The number of piperidine rings is 1. The minimum atomic E-state index is -0.221. The third-order valence-corrected chi connectivity index (χ3v) is 6.62. The smallest absolute Gasteiger partial charge is 0.257 e. The predicted molar refractivity (Wildman–Crippen MR) is 120 cm³/mol. The van der Waals surface area contributed by atoms with Crippen molar-refractivity contribution in [2.75, 3.05) is 18.4 Å². The van der Waals surface area contributed by atoms with Gasteiger partial charge in [0.2, 0.25) is 11.8 Å². The molecule has 0 unspecified atom stereocenters. The van der Waals surface area contributed by atoms with Crippen molar-refractivity contribution in [3.8, 4) is 0 Å². The molecule has 164 valence electrons. The molecule has 4 rings (SSSR count). The summed E-state index contributed by atoms with van der Waals surface area (Å²) in [6.07, 6.45) is 1.84. The molecular weight excluding hydrogens is 412 g/mol. The summed E-state index contributed by atoms with van der Waals surface area (Å²) in [7, 11) is 0. The second-order valence-electron chi connectivity index (χ2n) is 8.81. The van der Waals surface area contributed by atoms with Crippen molar-refractivity contribution in [3.63, 3.8) is 0 Å². The number of carbonyl (C=O) groups excluding carboxylic acids is 3. The number of amides is 3. The largest absolute Gasteiger partial charge is 0.298 e. The van der Waals surface area contributed by atoms with Crippen LogP contribution >= 0.6 is 11.3 Å². The predicted octanol–water partition coefficient (Wildman–Crippen LogP) is 3.52. The average Bonchev–Trinajstić information content (AvgIpc) is 3.28. The van der Waals surface area contributed by atoms with Crippen LogP contribution in [0.25, 0.3) is 0 Å². The monoisotopic (exact) mass is 440 g/mol. The van der Waals surface area contributed by atoms with Gasteiger partial charge in [0, 0.05) is 43.4 Å². The molecule has 2 aliphatic rings. The topological polar surface area (TPSA) is 82.6 Å². The van der Waals surface area contributed by atoms with Gasteiger partial charge in [-0.25, -0.2) is 4.98 Å². The van der Waals surface area contributed by atoms with E-state index in [1.807, 2.05) is 5.38 Å². The van der Waals surface area contributed by atoms with E-state index in [1.165, 1.54) is 22.7 Å². The Labute approximate surface area is 186 Å². The first-order valence-electron chi connectivity index (χ1n) is 10.8. The number of likely N-dealkylation sites (tertiary alicyclic amines) is 2. The molecule has 3 amide bonds. The molecular formula is C23H28N4O3S. The molecule has 0 radical (unpaired) electrons. The molecule has 8 heteroatoms. The molecule has 31 heavy (non-hydrogen) atoms. The summed E-state index contributed by atoms with van der Waals surface area (Å²) in [5, 5.41) is 5.47. The Morgan fingerprint density at radius 3 is 2.35 bits per heavy atom. The molecule has 2 fully saturated rings. The van der Waals surface area contributed by atoms with E-state index in [0.717, 1.165) is 30.9 Å². The van der Waals surface area contributed by atoms with Gasteiger partial charge in [0.25, 0.3) is 5.91 Å². The van der Waals surface area contributed by atoms with Crippen LogP contribution in [0, 0.1) is 11.8 Å². The standard InChI is InChI=1S/C23H28N4O3S/c1-15-9-16(2)11-26(10-15)13-19-14-31-23(24-19)25-22(30)18-5-3-17(4-6-18)12-27-20(28)7-8-21(27)29/h3-6,14-16H,7-13H2,1-2H3,(H,24,25,30)/t15-,16-/m1/s1. The van der Waals surface area contributed by atoms with Crippen molar-refractivity contribution in [2.45, 2.75) is 46.2 Å². The summed E-state index contributed by atoms with van der Waals surface area (Å²) < 4.78 is 0. The van der Waals surface area contributed by atoms with Crippen LogP contribution in [-0.4, -0.2) is 45.6 Å². The van der Waals surface area contributed by atoms with Crippen LogP contribution in [0.2, 0.25) is 0 Å². The number of thiazole rings is 1.